The predicted octanol–water partition coefficient (Wildman–Crippen LogP) is 0.949. The molecule has 0 radical (unpaired) electrons. The molecule has 5 heteroatoms. The number of hydrogen-bond donors (Lipinski definition) is 2. The third-order valence-electron chi connectivity index (χ3n) is 3.12. The molecule has 0 spiro atoms. The first-order chi connectivity index (χ1) is 7.91. The fourth-order valence-corrected chi connectivity index (χ4v) is 1.76. The monoisotopic (exact) mass is 241 g/mol. The smallest absolute Gasteiger partial charge is 0.313 e. The summed E-state index contributed by atoms with van der Waals surface area (Å²) >= 11 is 0. The number of allylic oxidation sites excluding steroid dienone is 1. The summed E-state index contributed by atoms with van der Waals surface area (Å²) in [5, 5.41) is 11.9. The van der Waals surface area contributed by atoms with Gasteiger partial charge in [0, 0.05) is 5.57 Å². The van der Waals surface area contributed by atoms with Crippen molar-refractivity contribution < 1.29 is 19.4 Å². The summed E-state index contributed by atoms with van der Waals surface area (Å²) in [7, 11) is 0. The van der Waals surface area contributed by atoms with E-state index in [0.717, 1.165) is 6.42 Å². The molecule has 1 aliphatic heterocycles. The van der Waals surface area contributed by atoms with Crippen molar-refractivity contribution in [1.29, 1.82) is 0 Å². The Morgan fingerprint density at radius 3 is 2.76 bits per heavy atom. The topological polar surface area (TPSA) is 75.6 Å². The molecule has 0 aromatic carbocycles. The van der Waals surface area contributed by atoms with Gasteiger partial charge in [-0.25, -0.2) is 0 Å². The summed E-state index contributed by atoms with van der Waals surface area (Å²) in [5.41, 5.74) is -0.436. The van der Waals surface area contributed by atoms with Crippen molar-refractivity contribution >= 4 is 11.9 Å². The van der Waals surface area contributed by atoms with Crippen LogP contribution in [-0.4, -0.2) is 36.2 Å². The lowest BCUT2D eigenvalue weighted by molar-refractivity contribution is -0.148. The second-order valence-electron chi connectivity index (χ2n) is 4.56. The second kappa shape index (κ2) is 5.31. The number of rotatable bonds is 4. The van der Waals surface area contributed by atoms with Crippen molar-refractivity contribution in [3.8, 4) is 0 Å². The van der Waals surface area contributed by atoms with Crippen molar-refractivity contribution in [2.24, 2.45) is 5.41 Å². The SMILES string of the molecule is CCC=C(C)C(=O)NC1COCC1(C)C(=O)O. The molecule has 96 valence electrons. The third kappa shape index (κ3) is 2.85. The maximum atomic E-state index is 11.8. The van der Waals surface area contributed by atoms with Crippen LogP contribution in [0.15, 0.2) is 11.6 Å². The molecule has 2 atom stereocenters. The summed E-state index contributed by atoms with van der Waals surface area (Å²) in [6, 6.07) is -0.479. The van der Waals surface area contributed by atoms with Gasteiger partial charge in [0.2, 0.25) is 5.91 Å². The number of ether oxygens (including phenoxy) is 1. The lowest BCUT2D eigenvalue weighted by Gasteiger charge is -2.25. The number of carbonyl (C=O) groups is 2. The van der Waals surface area contributed by atoms with Crippen LogP contribution in [0.5, 0.6) is 0 Å². The molecule has 5 nitrogen and oxygen atoms in total. The predicted molar refractivity (Wildman–Crippen MR) is 62.5 cm³/mol. The van der Waals surface area contributed by atoms with E-state index >= 15 is 0 Å². The van der Waals surface area contributed by atoms with Crippen LogP contribution in [-0.2, 0) is 14.3 Å². The van der Waals surface area contributed by atoms with Crippen LogP contribution in [0.2, 0.25) is 0 Å². The van der Waals surface area contributed by atoms with Gasteiger partial charge in [-0.3, -0.25) is 9.59 Å². The van der Waals surface area contributed by atoms with Gasteiger partial charge < -0.3 is 15.2 Å². The van der Waals surface area contributed by atoms with Crippen molar-refractivity contribution in [2.75, 3.05) is 13.2 Å². The number of aliphatic carboxylic acids is 1. The van der Waals surface area contributed by atoms with Gasteiger partial charge in [-0.15, -0.1) is 0 Å². The van der Waals surface area contributed by atoms with Crippen LogP contribution in [0.25, 0.3) is 0 Å². The van der Waals surface area contributed by atoms with Gasteiger partial charge in [0.25, 0.3) is 0 Å². The fourth-order valence-electron chi connectivity index (χ4n) is 1.76. The average molecular weight is 241 g/mol. The van der Waals surface area contributed by atoms with E-state index in [2.05, 4.69) is 5.32 Å². The minimum atomic E-state index is -1.04. The zero-order chi connectivity index (χ0) is 13.1. The van der Waals surface area contributed by atoms with Crippen LogP contribution in [0, 0.1) is 5.41 Å². The quantitative estimate of drug-likeness (QED) is 0.718. The molecule has 2 unspecified atom stereocenters. The summed E-state index contributed by atoms with van der Waals surface area (Å²) < 4.78 is 5.16. The van der Waals surface area contributed by atoms with Gasteiger partial charge in [-0.05, 0) is 20.3 Å². The molecular formula is C12H19NO4. The Hall–Kier alpha value is -1.36. The minimum absolute atomic E-state index is 0.129. The summed E-state index contributed by atoms with van der Waals surface area (Å²) in [6.07, 6.45) is 2.58. The van der Waals surface area contributed by atoms with E-state index in [4.69, 9.17) is 9.84 Å². The summed E-state index contributed by atoms with van der Waals surface area (Å²) in [6.45, 7) is 5.62. The molecule has 1 rings (SSSR count). The molecule has 2 N–H and O–H groups in total. The van der Waals surface area contributed by atoms with Crippen LogP contribution in [0.3, 0.4) is 0 Å². The standard InChI is InChI=1S/C12H19NO4/c1-4-5-8(2)10(14)13-9-6-17-7-12(9,3)11(15)16/h5,9H,4,6-7H2,1-3H3,(H,13,14)(H,15,16). The molecule has 17 heavy (non-hydrogen) atoms. The third-order valence-corrected chi connectivity index (χ3v) is 3.12. The Labute approximate surface area is 101 Å². The van der Waals surface area contributed by atoms with Gasteiger partial charge >= 0.3 is 5.97 Å². The molecule has 0 aromatic rings. The highest BCUT2D eigenvalue weighted by molar-refractivity contribution is 5.93. The first kappa shape index (κ1) is 13.7. The Morgan fingerprint density at radius 1 is 1.59 bits per heavy atom. The first-order valence-corrected chi connectivity index (χ1v) is 5.70. The molecule has 1 amide bonds. The second-order valence-corrected chi connectivity index (χ2v) is 4.56. The van der Waals surface area contributed by atoms with E-state index in [1.54, 1.807) is 13.8 Å². The van der Waals surface area contributed by atoms with Gasteiger partial charge in [-0.2, -0.15) is 0 Å². The van der Waals surface area contributed by atoms with Gasteiger partial charge in [0.15, 0.2) is 0 Å². The molecule has 0 aromatic heterocycles. The number of amides is 1. The zero-order valence-corrected chi connectivity index (χ0v) is 10.4. The van der Waals surface area contributed by atoms with Crippen molar-refractivity contribution in [3.63, 3.8) is 0 Å². The van der Waals surface area contributed by atoms with E-state index in [-0.39, 0.29) is 19.1 Å². The first-order valence-electron chi connectivity index (χ1n) is 5.70. The van der Waals surface area contributed by atoms with Crippen molar-refractivity contribution in [1.82, 2.24) is 5.32 Å². The Bertz CT molecular complexity index is 350. The summed E-state index contributed by atoms with van der Waals surface area (Å²) in [4.78, 5) is 22.9. The fraction of sp³-hybridized carbons (Fsp3) is 0.667. The average Bonchev–Trinajstić information content (AvgIpc) is 2.62. The highest BCUT2D eigenvalue weighted by atomic mass is 16.5. The van der Waals surface area contributed by atoms with E-state index in [0.29, 0.717) is 5.57 Å². The Balaban J connectivity index is 2.72. The molecule has 0 saturated carbocycles. The highest BCUT2D eigenvalue weighted by Gasteiger charge is 2.47. The number of hydrogen-bond acceptors (Lipinski definition) is 3. The van der Waals surface area contributed by atoms with E-state index in [9.17, 15) is 9.59 Å². The molecule has 1 aliphatic rings. The number of nitrogens with one attached hydrogen (secondary N) is 1. The maximum Gasteiger partial charge on any atom is 0.313 e. The molecule has 0 bridgehead atoms. The molecular weight excluding hydrogens is 222 g/mol. The molecule has 0 aliphatic carbocycles. The lowest BCUT2D eigenvalue weighted by Crippen LogP contribution is -2.49. The van der Waals surface area contributed by atoms with Gasteiger partial charge in [-0.1, -0.05) is 13.0 Å². The highest BCUT2D eigenvalue weighted by Crippen LogP contribution is 2.28. The number of carboxylic acid groups (broad SMARTS) is 1. The van der Waals surface area contributed by atoms with Crippen LogP contribution in [0.1, 0.15) is 27.2 Å². The van der Waals surface area contributed by atoms with Crippen LogP contribution < -0.4 is 5.32 Å². The van der Waals surface area contributed by atoms with E-state index < -0.39 is 17.4 Å². The number of carboxylic acids is 1. The molecule has 1 saturated heterocycles. The molecule has 1 heterocycles. The van der Waals surface area contributed by atoms with E-state index in [1.807, 2.05) is 13.0 Å². The lowest BCUT2D eigenvalue weighted by atomic mass is 9.85. The van der Waals surface area contributed by atoms with Crippen LogP contribution in [0.4, 0.5) is 0 Å². The summed E-state index contributed by atoms with van der Waals surface area (Å²) in [5.74, 6) is -1.17. The van der Waals surface area contributed by atoms with E-state index in [1.165, 1.54) is 0 Å². The maximum absolute atomic E-state index is 11.8. The van der Waals surface area contributed by atoms with Gasteiger partial charge in [0.1, 0.15) is 5.41 Å². The zero-order valence-electron chi connectivity index (χ0n) is 10.4. The Morgan fingerprint density at radius 2 is 2.24 bits per heavy atom. The largest absolute Gasteiger partial charge is 0.481 e. The van der Waals surface area contributed by atoms with Crippen molar-refractivity contribution in [2.45, 2.75) is 33.2 Å². The normalized spacial score (nSPS) is 29.1. The van der Waals surface area contributed by atoms with Crippen molar-refractivity contribution in [3.05, 3.63) is 11.6 Å². The molecule has 1 fully saturated rings. The van der Waals surface area contributed by atoms with Gasteiger partial charge in [0.05, 0.1) is 19.3 Å². The number of carbonyl (C=O) groups excluding carboxylic acids is 1. The minimum Gasteiger partial charge on any atom is -0.481 e. The van der Waals surface area contributed by atoms with Crippen LogP contribution >= 0.6 is 0 Å². The Kier molecular flexibility index (Phi) is 4.28.